The van der Waals surface area contributed by atoms with Crippen LogP contribution in [0.2, 0.25) is 0 Å². The Hall–Kier alpha value is -1.55. The van der Waals surface area contributed by atoms with Crippen LogP contribution in [-0.2, 0) is 0 Å². The van der Waals surface area contributed by atoms with Gasteiger partial charge in [0, 0.05) is 11.9 Å². The molecular weight excluding hydrogens is 202 g/mol. The van der Waals surface area contributed by atoms with Gasteiger partial charge in [-0.15, -0.1) is 0 Å². The van der Waals surface area contributed by atoms with Crippen LogP contribution in [0, 0.1) is 6.92 Å². The number of aryl methyl sites for hydroxylation is 1. The number of rotatable bonds is 1. The van der Waals surface area contributed by atoms with Crippen molar-refractivity contribution in [2.45, 2.75) is 25.8 Å². The van der Waals surface area contributed by atoms with Crippen molar-refractivity contribution in [3.8, 4) is 5.75 Å². The third-order valence-electron chi connectivity index (χ3n) is 3.30. The number of hydrogen-bond donors (Lipinski definition) is 2. The molecule has 1 atom stereocenters. The van der Waals surface area contributed by atoms with Crippen molar-refractivity contribution in [2.24, 2.45) is 0 Å². The highest BCUT2D eigenvalue weighted by atomic mass is 16.3. The molecule has 1 aliphatic rings. The predicted molar refractivity (Wildman–Crippen MR) is 61.6 cm³/mol. The summed E-state index contributed by atoms with van der Waals surface area (Å²) in [6.07, 6.45) is 4.27. The zero-order chi connectivity index (χ0) is 11.1. The SMILES string of the molecule is Cc1c(C2CCCN2)nc2c(O)cccn12. The fourth-order valence-electron chi connectivity index (χ4n) is 2.44. The van der Waals surface area contributed by atoms with E-state index in [1.807, 2.05) is 16.7 Å². The van der Waals surface area contributed by atoms with Gasteiger partial charge in [-0.25, -0.2) is 4.98 Å². The molecule has 3 heterocycles. The second kappa shape index (κ2) is 3.49. The van der Waals surface area contributed by atoms with Gasteiger partial charge in [0.2, 0.25) is 0 Å². The lowest BCUT2D eigenvalue weighted by Gasteiger charge is -2.07. The minimum Gasteiger partial charge on any atom is -0.504 e. The lowest BCUT2D eigenvalue weighted by Crippen LogP contribution is -2.14. The first-order valence-corrected chi connectivity index (χ1v) is 5.67. The third-order valence-corrected chi connectivity index (χ3v) is 3.30. The highest BCUT2D eigenvalue weighted by Gasteiger charge is 2.22. The molecule has 4 nitrogen and oxygen atoms in total. The van der Waals surface area contributed by atoms with Gasteiger partial charge in [-0.1, -0.05) is 0 Å². The van der Waals surface area contributed by atoms with E-state index in [0.29, 0.717) is 11.7 Å². The van der Waals surface area contributed by atoms with Crippen molar-refractivity contribution in [1.82, 2.24) is 14.7 Å². The molecule has 0 saturated carbocycles. The Kier molecular flexibility index (Phi) is 2.11. The normalized spacial score (nSPS) is 20.7. The second-order valence-electron chi connectivity index (χ2n) is 4.32. The number of aromatic nitrogens is 2. The smallest absolute Gasteiger partial charge is 0.179 e. The fourth-order valence-corrected chi connectivity index (χ4v) is 2.44. The van der Waals surface area contributed by atoms with E-state index in [1.165, 1.54) is 6.42 Å². The van der Waals surface area contributed by atoms with E-state index in [-0.39, 0.29) is 5.75 Å². The first kappa shape index (κ1) is 9.66. The maximum Gasteiger partial charge on any atom is 0.179 e. The summed E-state index contributed by atoms with van der Waals surface area (Å²) < 4.78 is 1.95. The Balaban J connectivity index is 2.18. The summed E-state index contributed by atoms with van der Waals surface area (Å²) in [5, 5.41) is 13.2. The minimum atomic E-state index is 0.245. The summed E-state index contributed by atoms with van der Waals surface area (Å²) in [5.74, 6) is 0.245. The van der Waals surface area contributed by atoms with Gasteiger partial charge < -0.3 is 14.8 Å². The first-order chi connectivity index (χ1) is 7.77. The average molecular weight is 217 g/mol. The standard InChI is InChI=1S/C12H15N3O/c1-8-11(9-4-2-6-13-9)14-12-10(16)5-3-7-15(8)12/h3,5,7,9,13,16H,2,4,6H2,1H3. The summed E-state index contributed by atoms with van der Waals surface area (Å²) in [6, 6.07) is 3.86. The Morgan fingerprint density at radius 3 is 3.12 bits per heavy atom. The number of hydrogen-bond acceptors (Lipinski definition) is 3. The van der Waals surface area contributed by atoms with Crippen LogP contribution in [0.3, 0.4) is 0 Å². The van der Waals surface area contributed by atoms with Crippen molar-refractivity contribution in [2.75, 3.05) is 6.54 Å². The molecule has 0 bridgehead atoms. The minimum absolute atomic E-state index is 0.245. The highest BCUT2D eigenvalue weighted by Crippen LogP contribution is 2.28. The quantitative estimate of drug-likeness (QED) is 0.765. The molecule has 2 N–H and O–H groups in total. The summed E-state index contributed by atoms with van der Waals surface area (Å²) in [5.41, 5.74) is 2.84. The Morgan fingerprint density at radius 2 is 2.44 bits per heavy atom. The summed E-state index contributed by atoms with van der Waals surface area (Å²) >= 11 is 0. The third kappa shape index (κ3) is 1.30. The zero-order valence-corrected chi connectivity index (χ0v) is 9.27. The molecule has 1 aliphatic heterocycles. The van der Waals surface area contributed by atoms with E-state index in [4.69, 9.17) is 0 Å². The second-order valence-corrected chi connectivity index (χ2v) is 4.32. The first-order valence-electron chi connectivity index (χ1n) is 5.67. The number of nitrogens with one attached hydrogen (secondary N) is 1. The van der Waals surface area contributed by atoms with Gasteiger partial charge in [0.05, 0.1) is 11.7 Å². The molecule has 2 aromatic rings. The monoisotopic (exact) mass is 217 g/mol. The van der Waals surface area contributed by atoms with Gasteiger partial charge in [-0.05, 0) is 38.4 Å². The lowest BCUT2D eigenvalue weighted by molar-refractivity contribution is 0.477. The van der Waals surface area contributed by atoms with E-state index >= 15 is 0 Å². The molecule has 0 radical (unpaired) electrons. The summed E-state index contributed by atoms with van der Waals surface area (Å²) in [6.45, 7) is 3.11. The van der Waals surface area contributed by atoms with Gasteiger partial charge in [0.25, 0.3) is 0 Å². The van der Waals surface area contributed by atoms with Crippen molar-refractivity contribution in [1.29, 1.82) is 0 Å². The van der Waals surface area contributed by atoms with Gasteiger partial charge in [-0.3, -0.25) is 0 Å². The molecule has 0 amide bonds. The van der Waals surface area contributed by atoms with Crippen molar-refractivity contribution in [3.63, 3.8) is 0 Å². The molecule has 84 valence electrons. The van der Waals surface area contributed by atoms with Crippen LogP contribution in [0.5, 0.6) is 5.75 Å². The molecule has 1 unspecified atom stereocenters. The molecular formula is C12H15N3O. The Labute approximate surface area is 93.9 Å². The molecule has 4 heteroatoms. The molecule has 1 saturated heterocycles. The van der Waals surface area contributed by atoms with E-state index in [1.54, 1.807) is 6.07 Å². The number of aromatic hydroxyl groups is 1. The Bertz CT molecular complexity index is 526. The molecule has 1 fully saturated rings. The van der Waals surface area contributed by atoms with Crippen LogP contribution >= 0.6 is 0 Å². The topological polar surface area (TPSA) is 49.6 Å². The molecule has 0 aromatic carbocycles. The van der Waals surface area contributed by atoms with Crippen LogP contribution in [0.1, 0.15) is 30.3 Å². The van der Waals surface area contributed by atoms with E-state index in [9.17, 15) is 5.11 Å². The molecule has 3 rings (SSSR count). The Morgan fingerprint density at radius 1 is 1.56 bits per heavy atom. The van der Waals surface area contributed by atoms with E-state index < -0.39 is 0 Å². The lowest BCUT2D eigenvalue weighted by atomic mass is 10.1. The largest absolute Gasteiger partial charge is 0.504 e. The number of imidazole rings is 1. The van der Waals surface area contributed by atoms with Crippen molar-refractivity contribution >= 4 is 5.65 Å². The van der Waals surface area contributed by atoms with Crippen LogP contribution < -0.4 is 5.32 Å². The van der Waals surface area contributed by atoms with Crippen LogP contribution in [0.25, 0.3) is 5.65 Å². The number of pyridine rings is 1. The molecule has 0 spiro atoms. The van der Waals surface area contributed by atoms with Gasteiger partial charge in [0.15, 0.2) is 11.4 Å². The molecule has 0 aliphatic carbocycles. The summed E-state index contributed by atoms with van der Waals surface area (Å²) in [4.78, 5) is 4.54. The van der Waals surface area contributed by atoms with Crippen molar-refractivity contribution in [3.05, 3.63) is 29.7 Å². The maximum atomic E-state index is 9.75. The van der Waals surface area contributed by atoms with Crippen LogP contribution in [0.15, 0.2) is 18.3 Å². The molecule has 16 heavy (non-hydrogen) atoms. The highest BCUT2D eigenvalue weighted by molar-refractivity contribution is 5.55. The van der Waals surface area contributed by atoms with Crippen molar-refractivity contribution < 1.29 is 5.11 Å². The number of fused-ring (bicyclic) bond motifs is 1. The van der Waals surface area contributed by atoms with E-state index in [0.717, 1.165) is 24.4 Å². The van der Waals surface area contributed by atoms with Gasteiger partial charge >= 0.3 is 0 Å². The van der Waals surface area contributed by atoms with E-state index in [2.05, 4.69) is 17.2 Å². The van der Waals surface area contributed by atoms with Crippen LogP contribution in [-0.4, -0.2) is 21.0 Å². The average Bonchev–Trinajstić information content (AvgIpc) is 2.88. The zero-order valence-electron chi connectivity index (χ0n) is 9.27. The summed E-state index contributed by atoms with van der Waals surface area (Å²) in [7, 11) is 0. The van der Waals surface area contributed by atoms with Crippen LogP contribution in [0.4, 0.5) is 0 Å². The van der Waals surface area contributed by atoms with Gasteiger partial charge in [0.1, 0.15) is 0 Å². The number of nitrogens with zero attached hydrogens (tertiary/aromatic N) is 2. The molecule has 2 aromatic heterocycles. The predicted octanol–water partition coefficient (Wildman–Crippen LogP) is 1.77. The van der Waals surface area contributed by atoms with Gasteiger partial charge in [-0.2, -0.15) is 0 Å². The maximum absolute atomic E-state index is 9.75. The fraction of sp³-hybridized carbons (Fsp3) is 0.417.